The van der Waals surface area contributed by atoms with Gasteiger partial charge >= 0.3 is 0 Å². The van der Waals surface area contributed by atoms with Crippen molar-refractivity contribution < 1.29 is 19.1 Å². The number of ether oxygens (including phenoxy) is 2. The van der Waals surface area contributed by atoms with Crippen molar-refractivity contribution in [1.29, 1.82) is 0 Å². The molecule has 3 rings (SSSR count). The van der Waals surface area contributed by atoms with Crippen LogP contribution in [0.1, 0.15) is 47.8 Å². The van der Waals surface area contributed by atoms with Crippen LogP contribution in [0.25, 0.3) is 0 Å². The molecular formula is C29H32ClN3O4. The van der Waals surface area contributed by atoms with E-state index in [1.165, 1.54) is 11.8 Å². The maximum atomic E-state index is 12.8. The Hall–Kier alpha value is -3.84. The number of nitrogens with zero attached hydrogens (tertiary/aromatic N) is 1. The van der Waals surface area contributed by atoms with Crippen molar-refractivity contribution in [2.24, 2.45) is 11.0 Å². The van der Waals surface area contributed by atoms with E-state index in [-0.39, 0.29) is 11.8 Å². The molecule has 1 unspecified atom stereocenters. The third-order valence-electron chi connectivity index (χ3n) is 5.46. The van der Waals surface area contributed by atoms with Crippen molar-refractivity contribution >= 4 is 29.6 Å². The van der Waals surface area contributed by atoms with E-state index in [1.807, 2.05) is 58.0 Å². The third kappa shape index (κ3) is 8.36. The quantitative estimate of drug-likeness (QED) is 0.256. The number of rotatable bonds is 11. The molecule has 8 heteroatoms. The molecule has 0 aliphatic carbocycles. The van der Waals surface area contributed by atoms with Crippen LogP contribution >= 0.6 is 11.6 Å². The van der Waals surface area contributed by atoms with Crippen LogP contribution in [0, 0.1) is 12.8 Å². The predicted molar refractivity (Wildman–Crippen MR) is 146 cm³/mol. The number of carbonyl (C=O) groups excluding carboxylic acids is 2. The number of amides is 2. The average molecular weight is 522 g/mol. The van der Waals surface area contributed by atoms with Crippen LogP contribution in [-0.2, 0) is 11.4 Å². The fraction of sp³-hybridized carbons (Fsp3) is 0.276. The lowest BCUT2D eigenvalue weighted by atomic mass is 10.0. The Kier molecular flexibility index (Phi) is 10.1. The lowest BCUT2D eigenvalue weighted by Crippen LogP contribution is -2.48. The molecule has 0 bridgehead atoms. The molecule has 0 fully saturated rings. The van der Waals surface area contributed by atoms with Crippen molar-refractivity contribution in [3.63, 3.8) is 0 Å². The van der Waals surface area contributed by atoms with Crippen molar-refractivity contribution in [2.75, 3.05) is 6.61 Å². The Labute approximate surface area is 222 Å². The Morgan fingerprint density at radius 2 is 1.78 bits per heavy atom. The van der Waals surface area contributed by atoms with Crippen LogP contribution < -0.4 is 20.2 Å². The van der Waals surface area contributed by atoms with Crippen molar-refractivity contribution in [2.45, 2.75) is 40.3 Å². The molecule has 37 heavy (non-hydrogen) atoms. The minimum atomic E-state index is -0.778. The van der Waals surface area contributed by atoms with Gasteiger partial charge < -0.3 is 14.8 Å². The van der Waals surface area contributed by atoms with Gasteiger partial charge in [-0.15, -0.1) is 0 Å². The molecule has 0 aliphatic heterocycles. The third-order valence-corrected chi connectivity index (χ3v) is 5.69. The van der Waals surface area contributed by atoms with E-state index < -0.39 is 11.9 Å². The van der Waals surface area contributed by atoms with Gasteiger partial charge in [0.15, 0.2) is 11.5 Å². The normalized spacial score (nSPS) is 11.8. The number of halogens is 1. The first-order valence-corrected chi connectivity index (χ1v) is 12.5. The lowest BCUT2D eigenvalue weighted by molar-refractivity contribution is -0.123. The largest absolute Gasteiger partial charge is 0.490 e. The zero-order valence-electron chi connectivity index (χ0n) is 21.5. The van der Waals surface area contributed by atoms with E-state index in [4.69, 9.17) is 21.1 Å². The van der Waals surface area contributed by atoms with Gasteiger partial charge in [-0.05, 0) is 67.3 Å². The first kappa shape index (κ1) is 27.7. The maximum Gasteiger partial charge on any atom is 0.262 e. The van der Waals surface area contributed by atoms with E-state index in [0.717, 1.165) is 11.1 Å². The van der Waals surface area contributed by atoms with E-state index >= 15 is 0 Å². The highest BCUT2D eigenvalue weighted by Gasteiger charge is 2.24. The molecule has 3 aromatic rings. The number of aryl methyl sites for hydroxylation is 1. The summed E-state index contributed by atoms with van der Waals surface area (Å²) in [7, 11) is 0. The summed E-state index contributed by atoms with van der Waals surface area (Å²) in [5.41, 5.74) is 5.85. The highest BCUT2D eigenvalue weighted by Crippen LogP contribution is 2.29. The van der Waals surface area contributed by atoms with Gasteiger partial charge in [-0.3, -0.25) is 9.59 Å². The van der Waals surface area contributed by atoms with Gasteiger partial charge in [0, 0.05) is 10.6 Å². The van der Waals surface area contributed by atoms with Crippen LogP contribution in [0.15, 0.2) is 71.8 Å². The summed E-state index contributed by atoms with van der Waals surface area (Å²) >= 11 is 5.97. The summed E-state index contributed by atoms with van der Waals surface area (Å²) in [5.74, 6) is 0.229. The van der Waals surface area contributed by atoms with Gasteiger partial charge in [-0.25, -0.2) is 5.43 Å². The minimum Gasteiger partial charge on any atom is -0.490 e. The van der Waals surface area contributed by atoms with E-state index in [0.29, 0.717) is 35.3 Å². The van der Waals surface area contributed by atoms with E-state index in [2.05, 4.69) is 21.9 Å². The molecule has 0 heterocycles. The first-order valence-electron chi connectivity index (χ1n) is 12.1. The molecule has 3 aromatic carbocycles. The smallest absolute Gasteiger partial charge is 0.262 e. The Morgan fingerprint density at radius 1 is 1.00 bits per heavy atom. The molecule has 1 atom stereocenters. The van der Waals surface area contributed by atoms with Crippen LogP contribution in [-0.4, -0.2) is 30.7 Å². The fourth-order valence-corrected chi connectivity index (χ4v) is 3.78. The second-order valence-electron chi connectivity index (χ2n) is 8.86. The molecule has 0 saturated heterocycles. The van der Waals surface area contributed by atoms with E-state index in [1.54, 1.807) is 30.3 Å². The van der Waals surface area contributed by atoms with Crippen molar-refractivity contribution in [1.82, 2.24) is 10.7 Å². The number of hydrogen-bond donors (Lipinski definition) is 2. The van der Waals surface area contributed by atoms with Crippen LogP contribution in [0.2, 0.25) is 5.02 Å². The Balaban J connectivity index is 1.64. The summed E-state index contributed by atoms with van der Waals surface area (Å²) in [4.78, 5) is 25.4. The number of carbonyl (C=O) groups is 2. The summed E-state index contributed by atoms with van der Waals surface area (Å²) in [6.45, 7) is 8.52. The van der Waals surface area contributed by atoms with Gasteiger partial charge in [-0.2, -0.15) is 5.10 Å². The molecule has 0 aromatic heterocycles. The molecule has 0 radical (unpaired) electrons. The van der Waals surface area contributed by atoms with Gasteiger partial charge in [0.2, 0.25) is 0 Å². The highest BCUT2D eigenvalue weighted by molar-refractivity contribution is 6.31. The fourth-order valence-electron chi connectivity index (χ4n) is 3.58. The van der Waals surface area contributed by atoms with Gasteiger partial charge in [0.25, 0.3) is 11.8 Å². The molecule has 0 spiro atoms. The summed E-state index contributed by atoms with van der Waals surface area (Å²) in [6.07, 6.45) is 1.51. The number of benzene rings is 3. The predicted octanol–water partition coefficient (Wildman–Crippen LogP) is 5.53. The SMILES string of the molecule is CCOc1cc(/C=N\NC(=O)C(NC(=O)c2cccc(Cl)c2)C(C)C)ccc1OCc1cccc(C)c1. The van der Waals surface area contributed by atoms with Crippen LogP contribution in [0.5, 0.6) is 11.5 Å². The minimum absolute atomic E-state index is 0.160. The monoisotopic (exact) mass is 521 g/mol. The zero-order chi connectivity index (χ0) is 26.8. The Morgan fingerprint density at radius 3 is 2.49 bits per heavy atom. The summed E-state index contributed by atoms with van der Waals surface area (Å²) < 4.78 is 11.7. The molecule has 7 nitrogen and oxygen atoms in total. The molecule has 0 saturated carbocycles. The zero-order valence-corrected chi connectivity index (χ0v) is 22.2. The second-order valence-corrected chi connectivity index (χ2v) is 9.29. The molecule has 2 N–H and O–H groups in total. The molecule has 2 amide bonds. The highest BCUT2D eigenvalue weighted by atomic mass is 35.5. The maximum absolute atomic E-state index is 12.8. The summed E-state index contributed by atoms with van der Waals surface area (Å²) in [5, 5.41) is 7.28. The number of nitrogens with one attached hydrogen (secondary N) is 2. The average Bonchev–Trinajstić information content (AvgIpc) is 2.86. The van der Waals surface area contributed by atoms with Gasteiger partial charge in [0.05, 0.1) is 12.8 Å². The number of hydrazone groups is 1. The van der Waals surface area contributed by atoms with Crippen LogP contribution in [0.3, 0.4) is 0 Å². The lowest BCUT2D eigenvalue weighted by Gasteiger charge is -2.20. The molecule has 194 valence electrons. The Bertz CT molecular complexity index is 1260. The van der Waals surface area contributed by atoms with Crippen LogP contribution in [0.4, 0.5) is 0 Å². The van der Waals surface area contributed by atoms with E-state index in [9.17, 15) is 9.59 Å². The molecule has 0 aliphatic rings. The topological polar surface area (TPSA) is 89.0 Å². The number of hydrogen-bond acceptors (Lipinski definition) is 5. The second kappa shape index (κ2) is 13.5. The van der Waals surface area contributed by atoms with Gasteiger partial charge in [-0.1, -0.05) is 61.3 Å². The van der Waals surface area contributed by atoms with Crippen molar-refractivity contribution in [3.05, 3.63) is 94.0 Å². The summed E-state index contributed by atoms with van der Waals surface area (Å²) in [6, 6.07) is 19.3. The molecular weight excluding hydrogens is 490 g/mol. The standard InChI is InChI=1S/C29H32ClN3O4/c1-5-36-26-15-21(12-13-25(26)37-18-22-9-6-8-20(4)14-22)17-31-33-29(35)27(19(2)3)32-28(34)23-10-7-11-24(30)16-23/h6-17,19,27H,5,18H2,1-4H3,(H,32,34)(H,33,35)/b31-17-. The van der Waals surface area contributed by atoms with Gasteiger partial charge in [0.1, 0.15) is 12.6 Å². The first-order chi connectivity index (χ1) is 17.8. The van der Waals surface area contributed by atoms with Crippen molar-refractivity contribution in [3.8, 4) is 11.5 Å².